The van der Waals surface area contributed by atoms with Gasteiger partial charge in [0.2, 0.25) is 5.91 Å². The SMILES string of the molecule is C[C@H](OCC(=O)NCc1ccccc1Cl)C(=O)O. The van der Waals surface area contributed by atoms with Crippen molar-refractivity contribution in [2.75, 3.05) is 6.61 Å². The lowest BCUT2D eigenvalue weighted by Gasteiger charge is -2.09. The summed E-state index contributed by atoms with van der Waals surface area (Å²) in [5, 5.41) is 11.7. The molecule has 1 aromatic carbocycles. The molecule has 98 valence electrons. The Balaban J connectivity index is 2.34. The molecule has 1 amide bonds. The molecular weight excluding hydrogens is 258 g/mol. The second-order valence-electron chi connectivity index (χ2n) is 3.66. The predicted molar refractivity (Wildman–Crippen MR) is 66.3 cm³/mol. The number of hydrogen-bond donors (Lipinski definition) is 2. The largest absolute Gasteiger partial charge is 0.479 e. The minimum atomic E-state index is -1.10. The standard InChI is InChI=1S/C12H14ClNO4/c1-8(12(16)17)18-7-11(15)14-6-9-4-2-3-5-10(9)13/h2-5,8H,6-7H2,1H3,(H,14,15)(H,16,17)/t8-/m0/s1. The number of nitrogens with one attached hydrogen (secondary N) is 1. The lowest BCUT2D eigenvalue weighted by Crippen LogP contribution is -2.31. The number of benzene rings is 1. The molecule has 0 heterocycles. The van der Waals surface area contributed by atoms with Crippen LogP contribution in [0.3, 0.4) is 0 Å². The van der Waals surface area contributed by atoms with Gasteiger partial charge in [0.15, 0.2) is 6.10 Å². The third-order valence-electron chi connectivity index (χ3n) is 2.25. The van der Waals surface area contributed by atoms with Crippen LogP contribution in [0.15, 0.2) is 24.3 Å². The Morgan fingerprint density at radius 2 is 2.11 bits per heavy atom. The van der Waals surface area contributed by atoms with Crippen molar-refractivity contribution in [2.45, 2.75) is 19.6 Å². The normalized spacial score (nSPS) is 11.9. The Morgan fingerprint density at radius 3 is 2.72 bits per heavy atom. The average molecular weight is 272 g/mol. The second-order valence-corrected chi connectivity index (χ2v) is 4.07. The van der Waals surface area contributed by atoms with Crippen LogP contribution in [0.1, 0.15) is 12.5 Å². The fourth-order valence-electron chi connectivity index (χ4n) is 1.16. The molecule has 6 heteroatoms. The molecule has 0 spiro atoms. The molecular formula is C12H14ClNO4. The third-order valence-corrected chi connectivity index (χ3v) is 2.61. The fraction of sp³-hybridized carbons (Fsp3) is 0.333. The van der Waals surface area contributed by atoms with Gasteiger partial charge in [-0.25, -0.2) is 4.79 Å². The van der Waals surface area contributed by atoms with Crippen molar-refractivity contribution in [1.29, 1.82) is 0 Å². The van der Waals surface area contributed by atoms with Crippen LogP contribution >= 0.6 is 11.6 Å². The molecule has 0 aliphatic rings. The van der Waals surface area contributed by atoms with Crippen molar-refractivity contribution in [2.24, 2.45) is 0 Å². The third kappa shape index (κ3) is 4.73. The molecule has 0 aliphatic carbocycles. The number of ether oxygens (including phenoxy) is 1. The van der Waals surface area contributed by atoms with Crippen LogP contribution in [0.25, 0.3) is 0 Å². The van der Waals surface area contributed by atoms with E-state index < -0.39 is 12.1 Å². The number of carbonyl (C=O) groups is 2. The van der Waals surface area contributed by atoms with Crippen molar-refractivity contribution in [3.8, 4) is 0 Å². The summed E-state index contributed by atoms with van der Waals surface area (Å²) < 4.78 is 4.84. The zero-order valence-corrected chi connectivity index (χ0v) is 10.6. The number of halogens is 1. The summed E-state index contributed by atoms with van der Waals surface area (Å²) in [6.07, 6.45) is -1.00. The Morgan fingerprint density at radius 1 is 1.44 bits per heavy atom. The minimum Gasteiger partial charge on any atom is -0.479 e. The van der Waals surface area contributed by atoms with Gasteiger partial charge in [-0.15, -0.1) is 0 Å². The van der Waals surface area contributed by atoms with Gasteiger partial charge in [0.1, 0.15) is 6.61 Å². The van der Waals surface area contributed by atoms with Gasteiger partial charge in [0.25, 0.3) is 0 Å². The highest BCUT2D eigenvalue weighted by Gasteiger charge is 2.13. The van der Waals surface area contributed by atoms with Crippen LogP contribution in [-0.4, -0.2) is 29.7 Å². The summed E-state index contributed by atoms with van der Waals surface area (Å²) in [6.45, 7) is 1.35. The molecule has 0 radical (unpaired) electrons. The minimum absolute atomic E-state index is 0.281. The quantitative estimate of drug-likeness (QED) is 0.821. The maximum absolute atomic E-state index is 11.4. The maximum atomic E-state index is 11.4. The molecule has 0 fully saturated rings. The smallest absolute Gasteiger partial charge is 0.332 e. The van der Waals surface area contributed by atoms with E-state index in [1.54, 1.807) is 18.2 Å². The summed E-state index contributed by atoms with van der Waals surface area (Å²) in [7, 11) is 0. The highest BCUT2D eigenvalue weighted by molar-refractivity contribution is 6.31. The highest BCUT2D eigenvalue weighted by atomic mass is 35.5. The van der Waals surface area contributed by atoms with Crippen molar-refractivity contribution < 1.29 is 19.4 Å². The van der Waals surface area contributed by atoms with Crippen LogP contribution in [0, 0.1) is 0 Å². The Labute approximate surface area is 110 Å². The van der Waals surface area contributed by atoms with E-state index in [1.165, 1.54) is 6.92 Å². The van der Waals surface area contributed by atoms with E-state index in [0.29, 0.717) is 5.02 Å². The van der Waals surface area contributed by atoms with Gasteiger partial charge in [0.05, 0.1) is 0 Å². The lowest BCUT2D eigenvalue weighted by atomic mass is 10.2. The highest BCUT2D eigenvalue weighted by Crippen LogP contribution is 2.14. The van der Waals surface area contributed by atoms with Gasteiger partial charge in [-0.3, -0.25) is 4.79 Å². The molecule has 0 saturated carbocycles. The van der Waals surface area contributed by atoms with Gasteiger partial charge < -0.3 is 15.2 Å². The molecule has 0 aromatic heterocycles. The van der Waals surface area contributed by atoms with Crippen LogP contribution in [-0.2, 0) is 20.9 Å². The number of hydrogen-bond acceptors (Lipinski definition) is 3. The van der Waals surface area contributed by atoms with Gasteiger partial charge in [-0.1, -0.05) is 29.8 Å². The fourth-order valence-corrected chi connectivity index (χ4v) is 1.36. The number of carbonyl (C=O) groups excluding carboxylic acids is 1. The van der Waals surface area contributed by atoms with E-state index in [4.69, 9.17) is 21.4 Å². The molecule has 0 bridgehead atoms. The number of amides is 1. The molecule has 0 unspecified atom stereocenters. The summed E-state index contributed by atoms with van der Waals surface area (Å²) >= 11 is 5.92. The Hall–Kier alpha value is -1.59. The molecule has 1 aromatic rings. The van der Waals surface area contributed by atoms with E-state index in [0.717, 1.165) is 5.56 Å². The summed E-state index contributed by atoms with van der Waals surface area (Å²) in [5.74, 6) is -1.49. The topological polar surface area (TPSA) is 75.6 Å². The van der Waals surface area contributed by atoms with Gasteiger partial charge in [-0.2, -0.15) is 0 Å². The zero-order valence-electron chi connectivity index (χ0n) is 9.85. The second kappa shape index (κ2) is 6.98. The van der Waals surface area contributed by atoms with Gasteiger partial charge >= 0.3 is 5.97 Å². The van der Waals surface area contributed by atoms with Gasteiger partial charge in [-0.05, 0) is 18.6 Å². The predicted octanol–water partition coefficient (Wildman–Crippen LogP) is 1.45. The summed E-state index contributed by atoms with van der Waals surface area (Å²) in [6, 6.07) is 7.14. The molecule has 18 heavy (non-hydrogen) atoms. The van der Waals surface area contributed by atoms with Crippen LogP contribution in [0.2, 0.25) is 5.02 Å². The van der Waals surface area contributed by atoms with E-state index in [1.807, 2.05) is 6.07 Å². The first-order valence-corrected chi connectivity index (χ1v) is 5.73. The van der Waals surface area contributed by atoms with Crippen molar-refractivity contribution in [1.82, 2.24) is 5.32 Å². The van der Waals surface area contributed by atoms with Crippen LogP contribution in [0.4, 0.5) is 0 Å². The Bertz CT molecular complexity index is 436. The van der Waals surface area contributed by atoms with Gasteiger partial charge in [0, 0.05) is 11.6 Å². The molecule has 5 nitrogen and oxygen atoms in total. The first-order chi connectivity index (χ1) is 8.50. The number of aliphatic carboxylic acids is 1. The monoisotopic (exact) mass is 271 g/mol. The van der Waals surface area contributed by atoms with Crippen LogP contribution < -0.4 is 5.32 Å². The molecule has 0 saturated heterocycles. The summed E-state index contributed by atoms with van der Waals surface area (Å²) in [5.41, 5.74) is 0.791. The van der Waals surface area contributed by atoms with E-state index >= 15 is 0 Å². The average Bonchev–Trinajstić information content (AvgIpc) is 2.34. The van der Waals surface area contributed by atoms with Crippen molar-refractivity contribution >= 4 is 23.5 Å². The molecule has 2 N–H and O–H groups in total. The zero-order chi connectivity index (χ0) is 13.5. The maximum Gasteiger partial charge on any atom is 0.332 e. The number of carboxylic acid groups (broad SMARTS) is 1. The van der Waals surface area contributed by atoms with E-state index in [2.05, 4.69) is 5.32 Å². The van der Waals surface area contributed by atoms with E-state index in [9.17, 15) is 9.59 Å². The van der Waals surface area contributed by atoms with E-state index in [-0.39, 0.29) is 19.1 Å². The lowest BCUT2D eigenvalue weighted by molar-refractivity contribution is -0.150. The summed E-state index contributed by atoms with van der Waals surface area (Å²) in [4.78, 5) is 21.8. The first kappa shape index (κ1) is 14.5. The number of rotatable bonds is 6. The molecule has 1 rings (SSSR count). The Kier molecular flexibility index (Phi) is 5.61. The van der Waals surface area contributed by atoms with Crippen LogP contribution in [0.5, 0.6) is 0 Å². The molecule has 0 aliphatic heterocycles. The van der Waals surface area contributed by atoms with Crippen molar-refractivity contribution in [3.63, 3.8) is 0 Å². The van der Waals surface area contributed by atoms with Crippen molar-refractivity contribution in [3.05, 3.63) is 34.9 Å². The number of carboxylic acids is 1. The molecule has 1 atom stereocenters. The first-order valence-electron chi connectivity index (χ1n) is 5.35.